The summed E-state index contributed by atoms with van der Waals surface area (Å²) in [6, 6.07) is 0. The van der Waals surface area contributed by atoms with Gasteiger partial charge in [0, 0.05) is 32.3 Å². The maximum atomic E-state index is 5.87. The molecule has 0 spiro atoms. The van der Waals surface area contributed by atoms with Crippen LogP contribution in [0.1, 0.15) is 34.1 Å². The number of nitrogens with zero attached hydrogens (tertiary/aromatic N) is 2. The van der Waals surface area contributed by atoms with E-state index in [4.69, 9.17) is 10.5 Å². The summed E-state index contributed by atoms with van der Waals surface area (Å²) in [5.41, 5.74) is 5.92. The second-order valence-electron chi connectivity index (χ2n) is 6.78. The van der Waals surface area contributed by atoms with E-state index in [1.165, 1.54) is 6.42 Å². The molecule has 118 valence electrons. The Hall–Kier alpha value is -0.810. The molecule has 0 aromatic carbocycles. The molecule has 0 aromatic heterocycles. The first-order valence-electron chi connectivity index (χ1n) is 7.63. The fourth-order valence-electron chi connectivity index (χ4n) is 2.87. The molecule has 20 heavy (non-hydrogen) atoms. The number of guanidine groups is 1. The number of aliphatic imine (C=N–C) groups is 1. The van der Waals surface area contributed by atoms with Crippen LogP contribution in [0.15, 0.2) is 4.99 Å². The Bertz CT molecular complexity index is 307. The molecule has 3 N–H and O–H groups in total. The van der Waals surface area contributed by atoms with Crippen LogP contribution in [0.4, 0.5) is 0 Å². The van der Waals surface area contributed by atoms with Gasteiger partial charge in [0.1, 0.15) is 0 Å². The van der Waals surface area contributed by atoms with Gasteiger partial charge in [-0.15, -0.1) is 0 Å². The molecular formula is C15H32N4O. The van der Waals surface area contributed by atoms with Crippen LogP contribution >= 0.6 is 0 Å². The summed E-state index contributed by atoms with van der Waals surface area (Å²) < 4.78 is 4.98. The number of hydrogen-bond acceptors (Lipinski definition) is 3. The van der Waals surface area contributed by atoms with Crippen molar-refractivity contribution in [3.63, 3.8) is 0 Å². The number of rotatable bonds is 6. The number of nitrogens with two attached hydrogens (primary N) is 1. The van der Waals surface area contributed by atoms with Gasteiger partial charge in [0.05, 0.1) is 13.2 Å². The second-order valence-corrected chi connectivity index (χ2v) is 6.78. The van der Waals surface area contributed by atoms with Crippen molar-refractivity contribution in [1.29, 1.82) is 0 Å². The molecule has 1 heterocycles. The summed E-state index contributed by atoms with van der Waals surface area (Å²) in [7, 11) is 1.68. The quantitative estimate of drug-likeness (QED) is 0.438. The molecule has 0 aliphatic carbocycles. The van der Waals surface area contributed by atoms with Crippen molar-refractivity contribution in [2.45, 2.75) is 39.7 Å². The van der Waals surface area contributed by atoms with Gasteiger partial charge in [0.15, 0.2) is 5.96 Å². The van der Waals surface area contributed by atoms with E-state index in [9.17, 15) is 0 Å². The van der Waals surface area contributed by atoms with Gasteiger partial charge >= 0.3 is 0 Å². The molecule has 0 amide bonds. The van der Waals surface area contributed by atoms with Gasteiger partial charge in [-0.3, -0.25) is 9.89 Å². The Morgan fingerprint density at radius 2 is 1.95 bits per heavy atom. The van der Waals surface area contributed by atoms with E-state index in [-0.39, 0.29) is 5.54 Å². The third-order valence-electron chi connectivity index (χ3n) is 3.97. The number of ether oxygens (including phenoxy) is 1. The monoisotopic (exact) mass is 284 g/mol. The standard InChI is InChI=1S/C15H32N4O/c1-12-8-13(2)10-19(9-12)15(3,4)11-18-14(16)17-6-7-20-5/h12-13H,6-11H2,1-5H3,(H3,16,17,18). The van der Waals surface area contributed by atoms with Crippen molar-refractivity contribution in [2.75, 3.05) is 39.9 Å². The Kier molecular flexibility index (Phi) is 6.76. The third-order valence-corrected chi connectivity index (χ3v) is 3.97. The zero-order valence-electron chi connectivity index (χ0n) is 13.8. The lowest BCUT2D eigenvalue weighted by Gasteiger charge is -2.44. The number of piperidine rings is 1. The predicted molar refractivity (Wildman–Crippen MR) is 85.0 cm³/mol. The van der Waals surface area contributed by atoms with E-state index in [2.05, 4.69) is 42.9 Å². The molecule has 1 fully saturated rings. The summed E-state index contributed by atoms with van der Waals surface area (Å²) >= 11 is 0. The van der Waals surface area contributed by atoms with Gasteiger partial charge in [-0.1, -0.05) is 13.8 Å². The average Bonchev–Trinajstić information content (AvgIpc) is 2.36. The summed E-state index contributed by atoms with van der Waals surface area (Å²) in [6.07, 6.45) is 1.33. The summed E-state index contributed by atoms with van der Waals surface area (Å²) in [4.78, 5) is 7.03. The molecule has 2 atom stereocenters. The Balaban J connectivity index is 2.49. The molecule has 1 aliphatic heterocycles. The minimum atomic E-state index is 0.0521. The largest absolute Gasteiger partial charge is 0.383 e. The molecule has 0 radical (unpaired) electrons. The minimum absolute atomic E-state index is 0.0521. The summed E-state index contributed by atoms with van der Waals surface area (Å²) in [5, 5.41) is 3.06. The SMILES string of the molecule is COCCNC(N)=NCC(C)(C)N1CC(C)CC(C)C1. The molecule has 1 saturated heterocycles. The van der Waals surface area contributed by atoms with Crippen molar-refractivity contribution in [1.82, 2.24) is 10.2 Å². The fourth-order valence-corrected chi connectivity index (χ4v) is 2.87. The van der Waals surface area contributed by atoms with E-state index in [1.807, 2.05) is 0 Å². The number of likely N-dealkylation sites (tertiary alicyclic amines) is 1. The maximum absolute atomic E-state index is 5.87. The first-order chi connectivity index (χ1) is 9.35. The number of nitrogens with one attached hydrogen (secondary N) is 1. The van der Waals surface area contributed by atoms with Crippen LogP contribution in [0.25, 0.3) is 0 Å². The highest BCUT2D eigenvalue weighted by atomic mass is 16.5. The smallest absolute Gasteiger partial charge is 0.188 e. The molecule has 0 aromatic rings. The van der Waals surface area contributed by atoms with Crippen LogP contribution in [-0.4, -0.2) is 56.3 Å². The first kappa shape index (κ1) is 17.2. The van der Waals surface area contributed by atoms with E-state index >= 15 is 0 Å². The Labute approximate surface area is 124 Å². The van der Waals surface area contributed by atoms with Gasteiger partial charge in [-0.2, -0.15) is 0 Å². The number of methoxy groups -OCH3 is 1. The summed E-state index contributed by atoms with van der Waals surface area (Å²) in [5.74, 6) is 2.03. The third kappa shape index (κ3) is 5.67. The molecule has 2 unspecified atom stereocenters. The molecule has 0 bridgehead atoms. The highest BCUT2D eigenvalue weighted by Gasteiger charge is 2.32. The van der Waals surface area contributed by atoms with Crippen molar-refractivity contribution >= 4 is 5.96 Å². The Morgan fingerprint density at radius 1 is 1.35 bits per heavy atom. The molecule has 1 aliphatic rings. The first-order valence-corrected chi connectivity index (χ1v) is 7.63. The van der Waals surface area contributed by atoms with E-state index in [0.29, 0.717) is 19.1 Å². The number of hydrogen-bond donors (Lipinski definition) is 2. The van der Waals surface area contributed by atoms with Crippen LogP contribution in [0.3, 0.4) is 0 Å². The van der Waals surface area contributed by atoms with Crippen molar-refractivity contribution < 1.29 is 4.74 Å². The van der Waals surface area contributed by atoms with E-state index < -0.39 is 0 Å². The van der Waals surface area contributed by atoms with Crippen molar-refractivity contribution in [2.24, 2.45) is 22.6 Å². The molecule has 5 nitrogen and oxygen atoms in total. The van der Waals surface area contributed by atoms with Crippen LogP contribution in [0.2, 0.25) is 0 Å². The minimum Gasteiger partial charge on any atom is -0.383 e. The molecule has 5 heteroatoms. The highest BCUT2D eigenvalue weighted by molar-refractivity contribution is 5.77. The van der Waals surface area contributed by atoms with Crippen molar-refractivity contribution in [3.8, 4) is 0 Å². The lowest BCUT2D eigenvalue weighted by molar-refractivity contribution is 0.0513. The van der Waals surface area contributed by atoms with Crippen molar-refractivity contribution in [3.05, 3.63) is 0 Å². The van der Waals surface area contributed by atoms with Gasteiger partial charge in [0.25, 0.3) is 0 Å². The fraction of sp³-hybridized carbons (Fsp3) is 0.933. The lowest BCUT2D eigenvalue weighted by Crippen LogP contribution is -2.53. The topological polar surface area (TPSA) is 62.9 Å². The van der Waals surface area contributed by atoms with Crippen LogP contribution in [-0.2, 0) is 4.74 Å². The predicted octanol–water partition coefficient (Wildman–Crippen LogP) is 1.29. The van der Waals surface area contributed by atoms with Gasteiger partial charge in [-0.25, -0.2) is 0 Å². The van der Waals surface area contributed by atoms with Crippen LogP contribution < -0.4 is 11.1 Å². The molecule has 1 rings (SSSR count). The van der Waals surface area contributed by atoms with Gasteiger partial charge in [-0.05, 0) is 32.1 Å². The normalized spacial score (nSPS) is 25.8. The zero-order chi connectivity index (χ0) is 15.2. The maximum Gasteiger partial charge on any atom is 0.188 e. The zero-order valence-corrected chi connectivity index (χ0v) is 13.8. The van der Waals surface area contributed by atoms with Gasteiger partial charge < -0.3 is 15.8 Å². The Morgan fingerprint density at radius 3 is 2.50 bits per heavy atom. The highest BCUT2D eigenvalue weighted by Crippen LogP contribution is 2.27. The van der Waals surface area contributed by atoms with Gasteiger partial charge in [0.2, 0.25) is 0 Å². The van der Waals surface area contributed by atoms with Crippen LogP contribution in [0, 0.1) is 11.8 Å². The molecule has 0 saturated carbocycles. The second kappa shape index (κ2) is 7.84. The lowest BCUT2D eigenvalue weighted by atomic mass is 9.88. The molecular weight excluding hydrogens is 252 g/mol. The van der Waals surface area contributed by atoms with Crippen LogP contribution in [0.5, 0.6) is 0 Å². The van der Waals surface area contributed by atoms with E-state index in [0.717, 1.165) is 31.5 Å². The average molecular weight is 284 g/mol. The summed E-state index contributed by atoms with van der Waals surface area (Å²) in [6.45, 7) is 13.6. The van der Waals surface area contributed by atoms with E-state index in [1.54, 1.807) is 7.11 Å².